The number of nitrogens with one attached hydrogen (secondary N) is 2. The van der Waals surface area contributed by atoms with Crippen LogP contribution in [0.5, 0.6) is 0 Å². The summed E-state index contributed by atoms with van der Waals surface area (Å²) in [6, 6.07) is 0. The first-order chi connectivity index (χ1) is 33.2. The molecule has 398 valence electrons. The first-order valence-corrected chi connectivity index (χ1v) is 28.1. The Balaban J connectivity index is 0.697. The molecule has 5 aliphatic rings. The van der Waals surface area contributed by atoms with Crippen molar-refractivity contribution in [1.82, 2.24) is 14.9 Å². The van der Waals surface area contributed by atoms with Gasteiger partial charge in [0.05, 0.1) is 98.6 Å². The molecule has 4 aliphatic carbocycles. The molecule has 5 fully saturated rings. The molecule has 4 saturated carbocycles. The fraction of sp³-hybridized carbons (Fsp3) is 0.891. The SMILES string of the molecule is Cc1cn([C@H]2C[C@H](O)[C@@H](COP(=O)([O-])OCCOCCOCCOCCOCCOCCOP(=O)([O-])OCCCCCCCCCCCCNC(=O)CC34CC5CC(CC(C5)C3)C4)O2)c(=O)[nH]c1=O. The van der Waals surface area contributed by atoms with Gasteiger partial charge in [0.25, 0.3) is 21.2 Å². The van der Waals surface area contributed by atoms with Crippen LogP contribution in [0, 0.1) is 30.1 Å². The average Bonchev–Trinajstić information content (AvgIpc) is 3.66. The predicted molar refractivity (Wildman–Crippen MR) is 248 cm³/mol. The van der Waals surface area contributed by atoms with E-state index in [1.165, 1.54) is 77.3 Å². The quantitative estimate of drug-likeness (QED) is 0.0613. The lowest BCUT2D eigenvalue weighted by atomic mass is 9.49. The van der Waals surface area contributed by atoms with Crippen LogP contribution in [-0.2, 0) is 60.4 Å². The van der Waals surface area contributed by atoms with E-state index < -0.39 is 51.9 Å². The zero-order chi connectivity index (χ0) is 49.4. The Morgan fingerprint density at radius 3 is 1.62 bits per heavy atom. The van der Waals surface area contributed by atoms with Gasteiger partial charge >= 0.3 is 5.69 Å². The maximum absolute atomic E-state index is 12.7. The largest absolute Gasteiger partial charge is 0.756 e. The lowest BCUT2D eigenvalue weighted by molar-refractivity contribution is -0.229. The van der Waals surface area contributed by atoms with E-state index in [1.807, 2.05) is 0 Å². The third kappa shape index (κ3) is 22.4. The van der Waals surface area contributed by atoms with Gasteiger partial charge in [0.15, 0.2) is 0 Å². The molecule has 23 heteroatoms. The second-order valence-corrected chi connectivity index (χ2v) is 22.0. The molecule has 4 bridgehead atoms. The van der Waals surface area contributed by atoms with Gasteiger partial charge in [-0.2, -0.15) is 0 Å². The highest BCUT2D eigenvalue weighted by molar-refractivity contribution is 7.46. The van der Waals surface area contributed by atoms with Crippen molar-refractivity contribution in [2.75, 3.05) is 99.0 Å². The number of amides is 1. The van der Waals surface area contributed by atoms with E-state index in [2.05, 4.69) is 10.3 Å². The van der Waals surface area contributed by atoms with Gasteiger partial charge in [0, 0.05) is 31.1 Å². The summed E-state index contributed by atoms with van der Waals surface area (Å²) in [6.07, 6.45) is 17.8. The van der Waals surface area contributed by atoms with Crippen molar-refractivity contribution in [3.05, 3.63) is 32.6 Å². The van der Waals surface area contributed by atoms with Crippen molar-refractivity contribution < 1.29 is 75.3 Å². The van der Waals surface area contributed by atoms with Gasteiger partial charge in [-0.25, -0.2) is 4.79 Å². The number of unbranched alkanes of at least 4 members (excludes halogenated alkanes) is 9. The summed E-state index contributed by atoms with van der Waals surface area (Å²) in [5.41, 5.74) is -0.673. The maximum atomic E-state index is 12.7. The summed E-state index contributed by atoms with van der Waals surface area (Å²) in [4.78, 5) is 62.7. The number of phosphoric ester groups is 2. The number of ether oxygens (including phenoxy) is 6. The maximum Gasteiger partial charge on any atom is 0.330 e. The van der Waals surface area contributed by atoms with Crippen molar-refractivity contribution >= 4 is 21.6 Å². The summed E-state index contributed by atoms with van der Waals surface area (Å²) in [5.74, 6) is 2.93. The molecular formula is C46H79N3O18P2-2. The van der Waals surface area contributed by atoms with E-state index in [1.54, 1.807) is 0 Å². The summed E-state index contributed by atoms with van der Waals surface area (Å²) >= 11 is 0. The number of carbonyl (C=O) groups excluding carboxylic acids is 1. The molecule has 1 amide bonds. The van der Waals surface area contributed by atoms with Gasteiger partial charge in [-0.05, 0) is 81.5 Å². The summed E-state index contributed by atoms with van der Waals surface area (Å²) in [6.45, 7) is 3.71. The summed E-state index contributed by atoms with van der Waals surface area (Å²) in [7, 11) is -9.11. The van der Waals surface area contributed by atoms with Crippen molar-refractivity contribution in [3.63, 3.8) is 0 Å². The molecule has 69 heavy (non-hydrogen) atoms. The zero-order valence-electron chi connectivity index (χ0n) is 40.6. The smallest absolute Gasteiger partial charge is 0.330 e. The van der Waals surface area contributed by atoms with Gasteiger partial charge in [0.2, 0.25) is 5.91 Å². The predicted octanol–water partition coefficient (Wildman–Crippen LogP) is 4.20. The number of carbonyl (C=O) groups is 1. The number of phosphoric acid groups is 2. The molecule has 0 spiro atoms. The first kappa shape index (κ1) is 58.0. The molecule has 1 saturated heterocycles. The number of nitrogens with zero attached hydrogens (tertiary/aromatic N) is 1. The first-order valence-electron chi connectivity index (χ1n) is 25.2. The van der Waals surface area contributed by atoms with E-state index in [0.29, 0.717) is 44.9 Å². The number of aliphatic hydroxyl groups excluding tert-OH is 1. The number of hydrogen-bond donors (Lipinski definition) is 3. The monoisotopic (exact) mass is 1020 g/mol. The highest BCUT2D eigenvalue weighted by atomic mass is 31.2. The molecule has 0 radical (unpaired) electrons. The van der Waals surface area contributed by atoms with Gasteiger partial charge in [-0.1, -0.05) is 51.4 Å². The van der Waals surface area contributed by atoms with E-state index in [-0.39, 0.29) is 70.7 Å². The Bertz CT molecular complexity index is 1820. The molecule has 6 rings (SSSR count). The Hall–Kier alpha value is -1.91. The highest BCUT2D eigenvalue weighted by Crippen LogP contribution is 2.61. The Morgan fingerprint density at radius 1 is 0.681 bits per heavy atom. The minimum absolute atomic E-state index is 0.0138. The van der Waals surface area contributed by atoms with Gasteiger partial charge in [-0.15, -0.1) is 0 Å². The summed E-state index contributed by atoms with van der Waals surface area (Å²) in [5, 5.41) is 13.5. The lowest BCUT2D eigenvalue weighted by Gasteiger charge is -2.56. The molecule has 1 aromatic heterocycles. The van der Waals surface area contributed by atoms with Crippen LogP contribution in [0.3, 0.4) is 0 Å². The molecule has 0 aromatic carbocycles. The lowest BCUT2D eigenvalue weighted by Crippen LogP contribution is -2.48. The number of aromatic nitrogens is 2. The van der Waals surface area contributed by atoms with Crippen molar-refractivity contribution in [2.24, 2.45) is 23.2 Å². The molecule has 21 nitrogen and oxygen atoms in total. The van der Waals surface area contributed by atoms with Crippen LogP contribution in [0.2, 0.25) is 0 Å². The fourth-order valence-electron chi connectivity index (χ4n) is 10.4. The highest BCUT2D eigenvalue weighted by Gasteiger charge is 2.51. The second kappa shape index (κ2) is 31.0. The van der Waals surface area contributed by atoms with Crippen molar-refractivity contribution in [2.45, 2.75) is 141 Å². The standard InChI is InChI=1S/C46H81N3O18P2/c1-36-34-49(45(53)48-44(36)52)43-29-40(50)41(67-43)35-66-69(56,57)65-25-23-62-21-19-60-17-15-58-14-16-59-18-20-61-22-24-64-68(54,55)63-13-11-9-7-5-3-2-4-6-8-10-12-47-42(51)33-46-30-37-26-38(31-46)28-39(27-37)32-46/h34,37-41,43,50H,2-33,35H2,1H3,(H,47,51)(H,54,55)(H,56,57)(H,48,52,53)/p-2/t37?,38?,39?,40-,41+,43+,46?/m0/s1. The molecule has 5 atom stereocenters. The number of rotatable bonds is 40. The van der Waals surface area contributed by atoms with Crippen LogP contribution < -0.4 is 26.4 Å². The average molecular weight is 1020 g/mol. The number of aliphatic hydroxyl groups is 1. The normalized spacial score (nSPS) is 25.8. The molecule has 1 aromatic rings. The van der Waals surface area contributed by atoms with Gasteiger partial charge in [0.1, 0.15) is 12.3 Å². The van der Waals surface area contributed by atoms with Crippen molar-refractivity contribution in [1.29, 1.82) is 0 Å². The number of aryl methyl sites for hydroxylation is 1. The molecule has 3 N–H and O–H groups in total. The Morgan fingerprint density at radius 2 is 1.12 bits per heavy atom. The topological polar surface area (TPSA) is 277 Å². The summed E-state index contributed by atoms with van der Waals surface area (Å²) < 4.78 is 77.2. The van der Waals surface area contributed by atoms with E-state index in [4.69, 9.17) is 46.5 Å². The number of hydrogen-bond acceptors (Lipinski definition) is 18. The van der Waals surface area contributed by atoms with Crippen LogP contribution in [0.1, 0.15) is 127 Å². The van der Waals surface area contributed by atoms with E-state index >= 15 is 0 Å². The third-order valence-electron chi connectivity index (χ3n) is 13.3. The molecule has 2 unspecified atom stereocenters. The molecular weight excluding hydrogens is 944 g/mol. The zero-order valence-corrected chi connectivity index (χ0v) is 42.4. The Labute approximate surface area is 406 Å². The van der Waals surface area contributed by atoms with Crippen LogP contribution in [-0.4, -0.2) is 132 Å². The van der Waals surface area contributed by atoms with E-state index in [9.17, 15) is 38.4 Å². The number of aromatic amines is 1. The minimum atomic E-state index is -4.74. The van der Waals surface area contributed by atoms with Crippen LogP contribution in [0.25, 0.3) is 0 Å². The Kier molecular flexibility index (Phi) is 26.0. The van der Waals surface area contributed by atoms with Crippen molar-refractivity contribution in [3.8, 4) is 0 Å². The van der Waals surface area contributed by atoms with E-state index in [0.717, 1.165) is 67.4 Å². The van der Waals surface area contributed by atoms with Crippen LogP contribution in [0.15, 0.2) is 15.8 Å². The number of H-pyrrole nitrogens is 1. The minimum Gasteiger partial charge on any atom is -0.756 e. The molecule has 1 aliphatic heterocycles. The fourth-order valence-corrected chi connectivity index (χ4v) is 11.9. The second-order valence-electron chi connectivity index (χ2n) is 19.1. The van der Waals surface area contributed by atoms with Crippen LogP contribution in [0.4, 0.5) is 0 Å². The van der Waals surface area contributed by atoms with Gasteiger partial charge in [-0.3, -0.25) is 28.3 Å². The third-order valence-corrected chi connectivity index (χ3v) is 15.3. The van der Waals surface area contributed by atoms with Crippen LogP contribution >= 0.6 is 15.6 Å². The molecule has 2 heterocycles. The van der Waals surface area contributed by atoms with Gasteiger partial charge < -0.3 is 66.7 Å².